The molecule has 246 valence electrons. The fraction of sp³-hybridized carbons (Fsp3) is 0.191. The zero-order valence-electron chi connectivity index (χ0n) is 29.0. The first-order valence-corrected chi connectivity index (χ1v) is 19.1. The number of rotatable bonds is 3. The molecule has 5 atom stereocenters. The molecular weight excluding hydrogens is 639 g/mol. The second kappa shape index (κ2) is 10.6. The molecule has 0 spiro atoms. The van der Waals surface area contributed by atoms with Crippen LogP contribution in [-0.4, -0.2) is 14.5 Å². The number of hydrogen-bond donors (Lipinski definition) is 0. The minimum atomic E-state index is -0.0694. The van der Waals surface area contributed by atoms with Gasteiger partial charge in [0.15, 0.2) is 0 Å². The fourth-order valence-corrected chi connectivity index (χ4v) is 10.9. The predicted octanol–water partition coefficient (Wildman–Crippen LogP) is 12.3. The smallest absolute Gasteiger partial charge is 0.137 e. The van der Waals surface area contributed by atoms with Gasteiger partial charge in [-0.1, -0.05) is 130 Å². The molecule has 5 aliphatic carbocycles. The summed E-state index contributed by atoms with van der Waals surface area (Å²) in [5, 5.41) is 2.61. The maximum Gasteiger partial charge on any atom is 0.137 e. The number of allylic oxidation sites excluding steroid dienone is 13. The average molecular weight is 676 g/mol. The van der Waals surface area contributed by atoms with Crippen LogP contribution in [0.1, 0.15) is 61.7 Å². The minimum Gasteiger partial charge on any atom is -0.310 e. The lowest BCUT2D eigenvalue weighted by atomic mass is 9.62. The van der Waals surface area contributed by atoms with Crippen molar-refractivity contribution >= 4 is 59.9 Å². The van der Waals surface area contributed by atoms with E-state index < -0.39 is 0 Å². The summed E-state index contributed by atoms with van der Waals surface area (Å²) in [5.41, 5.74) is 14.3. The van der Waals surface area contributed by atoms with E-state index in [4.69, 9.17) is 9.97 Å². The zero-order valence-corrected chi connectivity index (χ0v) is 29.8. The lowest BCUT2D eigenvalue weighted by Crippen LogP contribution is -2.29. The van der Waals surface area contributed by atoms with Crippen molar-refractivity contribution < 1.29 is 0 Å². The first-order chi connectivity index (χ1) is 25.0. The van der Waals surface area contributed by atoms with Gasteiger partial charge in [-0.3, -0.25) is 0 Å². The normalized spacial score (nSPS) is 25.8. The molecule has 3 nitrogen and oxygen atoms in total. The van der Waals surface area contributed by atoms with Crippen LogP contribution in [0.4, 0.5) is 0 Å². The van der Waals surface area contributed by atoms with Crippen LogP contribution < -0.4 is 0 Å². The van der Waals surface area contributed by atoms with E-state index in [1.807, 2.05) is 0 Å². The monoisotopic (exact) mass is 675 g/mol. The van der Waals surface area contributed by atoms with Gasteiger partial charge >= 0.3 is 0 Å². The van der Waals surface area contributed by atoms with Crippen LogP contribution in [-0.2, 0) is 0 Å². The molecule has 0 amide bonds. The lowest BCUT2D eigenvalue weighted by molar-refractivity contribution is 0.459. The molecule has 0 saturated carbocycles. The van der Waals surface area contributed by atoms with Crippen molar-refractivity contribution in [2.24, 2.45) is 17.3 Å². The van der Waals surface area contributed by atoms with Crippen LogP contribution in [0.15, 0.2) is 139 Å². The molecule has 0 bridgehead atoms. The van der Waals surface area contributed by atoms with Gasteiger partial charge in [-0.05, 0) is 70.4 Å². The number of aromatic nitrogens is 3. The zero-order chi connectivity index (χ0) is 34.0. The minimum absolute atomic E-state index is 0.0600. The number of benzene rings is 3. The van der Waals surface area contributed by atoms with Gasteiger partial charge < -0.3 is 4.57 Å². The van der Waals surface area contributed by atoms with E-state index in [1.165, 1.54) is 60.2 Å². The number of fused-ring (bicyclic) bond motifs is 5. The van der Waals surface area contributed by atoms with Crippen molar-refractivity contribution in [3.8, 4) is 11.3 Å². The molecule has 0 aliphatic heterocycles. The quantitative estimate of drug-likeness (QED) is 0.187. The molecule has 0 fully saturated rings. The summed E-state index contributed by atoms with van der Waals surface area (Å²) in [6, 6.07) is 26.2. The summed E-state index contributed by atoms with van der Waals surface area (Å²) in [5.74, 6) is 1.92. The molecule has 3 aromatic heterocycles. The van der Waals surface area contributed by atoms with Crippen molar-refractivity contribution in [2.75, 3.05) is 0 Å². The standard InChI is InChI=1S/C47H37N3S/c1-27-12-9-16-32-33-17-10-19-36-40(33)41-37(23-25-47(3)24-11-18-35(39(27)32)42(41)47)50(36)30-21-22-31(28(2)26-30)46-48-43(29-13-5-4-6-14-29)45-44(49-46)34-15-7-8-20-38(34)51-45/h4-11,13-28,31,42H,12H2,1-3H3. The SMILES string of the molecule is CC1CC=CC2=C1C1=CC=CC3(C)C=Cc4c(c5c2cccc5n4C2=CC(C)C(c4nc(-c5ccccc5)c5sc6ccccc6c5n4)C=C2)C13. The van der Waals surface area contributed by atoms with Gasteiger partial charge in [-0.15, -0.1) is 11.3 Å². The van der Waals surface area contributed by atoms with E-state index in [-0.39, 0.29) is 23.2 Å². The van der Waals surface area contributed by atoms with E-state index in [9.17, 15) is 0 Å². The van der Waals surface area contributed by atoms with Crippen molar-refractivity contribution in [3.63, 3.8) is 0 Å². The van der Waals surface area contributed by atoms with Crippen LogP contribution in [0.3, 0.4) is 0 Å². The Morgan fingerprint density at radius 1 is 0.882 bits per heavy atom. The van der Waals surface area contributed by atoms with Crippen LogP contribution in [0.5, 0.6) is 0 Å². The molecule has 5 unspecified atom stereocenters. The summed E-state index contributed by atoms with van der Waals surface area (Å²) in [6.07, 6.45) is 25.0. The van der Waals surface area contributed by atoms with E-state index >= 15 is 0 Å². The van der Waals surface area contributed by atoms with Gasteiger partial charge in [0.1, 0.15) is 5.82 Å². The third-order valence-corrected chi connectivity index (χ3v) is 13.3. The van der Waals surface area contributed by atoms with Crippen LogP contribution in [0.25, 0.3) is 59.8 Å². The molecule has 11 rings (SSSR count). The van der Waals surface area contributed by atoms with Crippen molar-refractivity contribution in [1.82, 2.24) is 14.5 Å². The average Bonchev–Trinajstić information content (AvgIpc) is 3.66. The Hall–Kier alpha value is -5.32. The van der Waals surface area contributed by atoms with Crippen molar-refractivity contribution in [2.45, 2.75) is 39.0 Å². The van der Waals surface area contributed by atoms with E-state index in [0.717, 1.165) is 33.7 Å². The molecule has 51 heavy (non-hydrogen) atoms. The van der Waals surface area contributed by atoms with Gasteiger partial charge in [0.05, 0.1) is 27.1 Å². The molecule has 3 aromatic carbocycles. The molecule has 5 aliphatic rings. The van der Waals surface area contributed by atoms with Crippen molar-refractivity contribution in [1.29, 1.82) is 0 Å². The van der Waals surface area contributed by atoms with E-state index in [1.54, 1.807) is 11.3 Å². The Balaban J connectivity index is 1.09. The van der Waals surface area contributed by atoms with E-state index in [2.05, 4.69) is 159 Å². The highest BCUT2D eigenvalue weighted by atomic mass is 32.1. The predicted molar refractivity (Wildman–Crippen MR) is 215 cm³/mol. The molecule has 0 radical (unpaired) electrons. The summed E-state index contributed by atoms with van der Waals surface area (Å²) in [4.78, 5) is 10.7. The Labute approximate surface area is 302 Å². The molecule has 6 aromatic rings. The Bertz CT molecular complexity index is 2720. The van der Waals surface area contributed by atoms with Gasteiger partial charge in [-0.25, -0.2) is 9.97 Å². The molecule has 0 saturated heterocycles. The Morgan fingerprint density at radius 2 is 1.75 bits per heavy atom. The summed E-state index contributed by atoms with van der Waals surface area (Å²) >= 11 is 1.79. The van der Waals surface area contributed by atoms with Gasteiger partial charge in [-0.2, -0.15) is 0 Å². The van der Waals surface area contributed by atoms with Crippen LogP contribution >= 0.6 is 11.3 Å². The second-order valence-corrected chi connectivity index (χ2v) is 16.3. The van der Waals surface area contributed by atoms with Gasteiger partial charge in [0.25, 0.3) is 0 Å². The van der Waals surface area contributed by atoms with E-state index in [0.29, 0.717) is 5.92 Å². The van der Waals surface area contributed by atoms with Gasteiger partial charge in [0, 0.05) is 44.0 Å². The number of nitrogens with zero attached hydrogens (tertiary/aromatic N) is 3. The fourth-order valence-electron chi connectivity index (χ4n) is 9.72. The lowest BCUT2D eigenvalue weighted by Gasteiger charge is -2.41. The number of hydrogen-bond acceptors (Lipinski definition) is 3. The molecule has 3 heterocycles. The van der Waals surface area contributed by atoms with Crippen LogP contribution in [0, 0.1) is 17.3 Å². The first-order valence-electron chi connectivity index (χ1n) is 18.3. The summed E-state index contributed by atoms with van der Waals surface area (Å²) < 4.78 is 4.94. The first kappa shape index (κ1) is 29.4. The second-order valence-electron chi connectivity index (χ2n) is 15.2. The maximum absolute atomic E-state index is 5.35. The highest BCUT2D eigenvalue weighted by Crippen LogP contribution is 2.60. The highest BCUT2D eigenvalue weighted by molar-refractivity contribution is 7.26. The third-order valence-electron chi connectivity index (χ3n) is 12.1. The molecule has 0 N–H and O–H groups in total. The Morgan fingerprint density at radius 3 is 2.63 bits per heavy atom. The third kappa shape index (κ3) is 4.05. The number of thiophene rings is 1. The highest BCUT2D eigenvalue weighted by Gasteiger charge is 2.45. The summed E-state index contributed by atoms with van der Waals surface area (Å²) in [7, 11) is 0. The van der Waals surface area contributed by atoms with Gasteiger partial charge in [0.2, 0.25) is 0 Å². The largest absolute Gasteiger partial charge is 0.310 e. The Kier molecular flexibility index (Phi) is 6.11. The van der Waals surface area contributed by atoms with Crippen molar-refractivity contribution in [3.05, 3.63) is 161 Å². The summed E-state index contributed by atoms with van der Waals surface area (Å²) in [6.45, 7) is 7.16. The topological polar surface area (TPSA) is 30.7 Å². The molecule has 4 heteroatoms. The maximum atomic E-state index is 5.35. The van der Waals surface area contributed by atoms with Crippen LogP contribution in [0.2, 0.25) is 0 Å². The molecular formula is C47H37N3S.